The van der Waals surface area contributed by atoms with Gasteiger partial charge in [0.2, 0.25) is 5.82 Å². The number of nitrogens with zero attached hydrogens (tertiary/aromatic N) is 2. The molecule has 0 aliphatic rings. The molecule has 1 unspecified atom stereocenters. The number of halogens is 1. The highest BCUT2D eigenvalue weighted by Crippen LogP contribution is 2.22. The fourth-order valence-electron chi connectivity index (χ4n) is 1.53. The van der Waals surface area contributed by atoms with Crippen LogP contribution in [-0.4, -0.2) is 15.8 Å². The van der Waals surface area contributed by atoms with Crippen LogP contribution in [0.5, 0.6) is 0 Å². The maximum atomic E-state index is 13.4. The van der Waals surface area contributed by atoms with Crippen LogP contribution in [-0.2, 0) is 0 Å². The molecule has 1 amide bonds. The lowest BCUT2D eigenvalue weighted by Gasteiger charge is -2.03. The molecule has 0 aliphatic carbocycles. The number of amides is 1. The Bertz CT molecular complexity index is 702. The number of carbonyl (C=O) groups is 1. The Morgan fingerprint density at radius 2 is 2.29 bits per heavy atom. The number of aromatic nitrogens is 1. The summed E-state index contributed by atoms with van der Waals surface area (Å²) in [5.74, 6) is -1.56. The second-order valence-electron chi connectivity index (χ2n) is 4.24. The molecule has 7 nitrogen and oxygen atoms in total. The van der Waals surface area contributed by atoms with Gasteiger partial charge in [0.25, 0.3) is 5.91 Å². The molecule has 2 rings (SSSR count). The summed E-state index contributed by atoms with van der Waals surface area (Å²) in [5, 5.41) is 15.1. The van der Waals surface area contributed by atoms with Crippen LogP contribution in [0.2, 0.25) is 0 Å². The van der Waals surface area contributed by atoms with Gasteiger partial charge < -0.3 is 11.1 Å². The largest absolute Gasteiger partial charge is 0.322 e. The number of carbonyl (C=O) groups excluding carboxylic acids is 1. The zero-order valence-electron chi connectivity index (χ0n) is 10.9. The third-order valence-corrected chi connectivity index (χ3v) is 3.59. The second kappa shape index (κ2) is 5.94. The van der Waals surface area contributed by atoms with E-state index in [1.807, 2.05) is 0 Å². The summed E-state index contributed by atoms with van der Waals surface area (Å²) in [6.45, 7) is 1.74. The van der Waals surface area contributed by atoms with Crippen molar-refractivity contribution in [3.63, 3.8) is 0 Å². The highest BCUT2D eigenvalue weighted by Gasteiger charge is 2.16. The van der Waals surface area contributed by atoms with Crippen LogP contribution < -0.4 is 11.1 Å². The van der Waals surface area contributed by atoms with Gasteiger partial charge >= 0.3 is 5.69 Å². The fraction of sp³-hybridized carbons (Fsp3) is 0.167. The predicted octanol–water partition coefficient (Wildman–Crippen LogP) is 2.46. The molecule has 1 aromatic carbocycles. The number of rotatable bonds is 4. The molecule has 0 bridgehead atoms. The third kappa shape index (κ3) is 3.38. The van der Waals surface area contributed by atoms with Gasteiger partial charge in [-0.1, -0.05) is 0 Å². The first-order valence-corrected chi connectivity index (χ1v) is 6.72. The third-order valence-electron chi connectivity index (χ3n) is 2.55. The zero-order chi connectivity index (χ0) is 15.6. The molecule has 9 heteroatoms. The summed E-state index contributed by atoms with van der Waals surface area (Å²) >= 11 is 1.25. The van der Waals surface area contributed by atoms with E-state index in [4.69, 9.17) is 5.73 Å². The second-order valence-corrected chi connectivity index (χ2v) is 5.13. The van der Waals surface area contributed by atoms with Crippen molar-refractivity contribution in [2.75, 3.05) is 5.32 Å². The highest BCUT2D eigenvalue weighted by atomic mass is 32.1. The van der Waals surface area contributed by atoms with Crippen molar-refractivity contribution in [2.45, 2.75) is 13.0 Å². The molecule has 110 valence electrons. The van der Waals surface area contributed by atoms with Crippen molar-refractivity contribution in [3.8, 4) is 0 Å². The standard InChI is InChI=1S/C12H11FN4O3S/c1-6(14)12-16-9(5-21-12)11(18)15-7-2-3-10(17(19)20)8(13)4-7/h2-6H,14H2,1H3,(H,15,18). The smallest absolute Gasteiger partial charge is 0.304 e. The van der Waals surface area contributed by atoms with Gasteiger partial charge in [-0.15, -0.1) is 11.3 Å². The van der Waals surface area contributed by atoms with E-state index < -0.39 is 22.3 Å². The number of hydrogen-bond donors (Lipinski definition) is 2. The molecule has 1 heterocycles. The molecule has 0 aliphatic heterocycles. The molecular formula is C12H11FN4O3S. The van der Waals surface area contributed by atoms with Crippen LogP contribution in [0.25, 0.3) is 0 Å². The van der Waals surface area contributed by atoms with Gasteiger partial charge in [0.1, 0.15) is 10.7 Å². The molecule has 0 radical (unpaired) electrons. The SMILES string of the molecule is CC(N)c1nc(C(=O)Nc2ccc([N+](=O)[O-])c(F)c2)cs1. The summed E-state index contributed by atoms with van der Waals surface area (Å²) in [7, 11) is 0. The molecule has 2 aromatic rings. The van der Waals surface area contributed by atoms with E-state index in [1.54, 1.807) is 6.92 Å². The van der Waals surface area contributed by atoms with Crippen LogP contribution in [0.15, 0.2) is 23.6 Å². The van der Waals surface area contributed by atoms with E-state index in [2.05, 4.69) is 10.3 Å². The van der Waals surface area contributed by atoms with Crippen molar-refractivity contribution < 1.29 is 14.1 Å². The average Bonchev–Trinajstić information content (AvgIpc) is 2.88. The lowest BCUT2D eigenvalue weighted by atomic mass is 10.2. The Kier molecular flexibility index (Phi) is 4.24. The van der Waals surface area contributed by atoms with Crippen LogP contribution in [0.4, 0.5) is 15.8 Å². The summed E-state index contributed by atoms with van der Waals surface area (Å²) in [6, 6.07) is 2.83. The molecule has 0 spiro atoms. The monoisotopic (exact) mass is 310 g/mol. The molecule has 3 N–H and O–H groups in total. The Morgan fingerprint density at radius 3 is 2.81 bits per heavy atom. The molecule has 21 heavy (non-hydrogen) atoms. The number of hydrogen-bond acceptors (Lipinski definition) is 6. The molecule has 0 fully saturated rings. The van der Waals surface area contributed by atoms with Gasteiger partial charge in [0.15, 0.2) is 0 Å². The number of nitrogens with two attached hydrogens (primary N) is 1. The first-order valence-electron chi connectivity index (χ1n) is 5.84. The minimum absolute atomic E-state index is 0.110. The molecular weight excluding hydrogens is 299 g/mol. The number of thiazole rings is 1. The minimum Gasteiger partial charge on any atom is -0.322 e. The minimum atomic E-state index is -1.02. The normalized spacial score (nSPS) is 12.0. The quantitative estimate of drug-likeness (QED) is 0.665. The van der Waals surface area contributed by atoms with E-state index in [1.165, 1.54) is 22.8 Å². The van der Waals surface area contributed by atoms with Crippen molar-refractivity contribution in [1.29, 1.82) is 0 Å². The number of benzene rings is 1. The highest BCUT2D eigenvalue weighted by molar-refractivity contribution is 7.09. The Hall–Kier alpha value is -2.39. The maximum Gasteiger partial charge on any atom is 0.304 e. The van der Waals surface area contributed by atoms with Gasteiger partial charge in [0.05, 0.1) is 11.0 Å². The van der Waals surface area contributed by atoms with E-state index in [0.29, 0.717) is 5.01 Å². The number of nitro groups is 1. The average molecular weight is 310 g/mol. The zero-order valence-corrected chi connectivity index (χ0v) is 11.7. The van der Waals surface area contributed by atoms with Gasteiger partial charge in [-0.25, -0.2) is 4.98 Å². The van der Waals surface area contributed by atoms with E-state index in [-0.39, 0.29) is 17.4 Å². The molecule has 1 atom stereocenters. The maximum absolute atomic E-state index is 13.4. The molecule has 0 saturated carbocycles. The molecule has 0 saturated heterocycles. The van der Waals surface area contributed by atoms with Crippen LogP contribution in [0.3, 0.4) is 0 Å². The van der Waals surface area contributed by atoms with Crippen molar-refractivity contribution in [1.82, 2.24) is 4.98 Å². The van der Waals surface area contributed by atoms with Crippen LogP contribution >= 0.6 is 11.3 Å². The first-order chi connectivity index (χ1) is 9.88. The van der Waals surface area contributed by atoms with Gasteiger partial charge in [0, 0.05) is 23.2 Å². The van der Waals surface area contributed by atoms with Crippen molar-refractivity contribution in [2.24, 2.45) is 5.73 Å². The number of nitro benzene ring substituents is 1. The number of nitrogens with one attached hydrogen (secondary N) is 1. The van der Waals surface area contributed by atoms with Crippen LogP contribution in [0.1, 0.15) is 28.5 Å². The summed E-state index contributed by atoms with van der Waals surface area (Å²) in [6.07, 6.45) is 0. The Balaban J connectivity index is 2.15. The summed E-state index contributed by atoms with van der Waals surface area (Å²) < 4.78 is 13.4. The summed E-state index contributed by atoms with van der Waals surface area (Å²) in [5.41, 5.74) is 5.26. The van der Waals surface area contributed by atoms with E-state index >= 15 is 0 Å². The lowest BCUT2D eigenvalue weighted by Crippen LogP contribution is -2.13. The van der Waals surface area contributed by atoms with E-state index in [0.717, 1.165) is 12.1 Å². The predicted molar refractivity (Wildman–Crippen MR) is 75.7 cm³/mol. The number of anilines is 1. The van der Waals surface area contributed by atoms with Crippen molar-refractivity contribution >= 4 is 28.6 Å². The first kappa shape index (κ1) is 15.0. The topological polar surface area (TPSA) is 111 Å². The Morgan fingerprint density at radius 1 is 1.57 bits per heavy atom. The fourth-order valence-corrected chi connectivity index (χ4v) is 2.29. The van der Waals surface area contributed by atoms with E-state index in [9.17, 15) is 19.3 Å². The Labute approximate surface area is 122 Å². The van der Waals surface area contributed by atoms with Crippen LogP contribution in [0, 0.1) is 15.9 Å². The van der Waals surface area contributed by atoms with Crippen molar-refractivity contribution in [3.05, 3.63) is 50.2 Å². The van der Waals surface area contributed by atoms with Gasteiger partial charge in [-0.2, -0.15) is 4.39 Å². The van der Waals surface area contributed by atoms with Gasteiger partial charge in [-0.05, 0) is 13.0 Å². The lowest BCUT2D eigenvalue weighted by molar-refractivity contribution is -0.387. The van der Waals surface area contributed by atoms with Gasteiger partial charge in [-0.3, -0.25) is 14.9 Å². The molecule has 1 aromatic heterocycles. The summed E-state index contributed by atoms with van der Waals surface area (Å²) in [4.78, 5) is 25.6.